The zero-order valence-electron chi connectivity index (χ0n) is 11.0. The summed E-state index contributed by atoms with van der Waals surface area (Å²) in [5, 5.41) is 4.24. The first-order valence-electron chi connectivity index (χ1n) is 6.92. The van der Waals surface area contributed by atoms with Crippen LogP contribution in [-0.2, 0) is 6.54 Å². The quantitative estimate of drug-likeness (QED) is 0.836. The lowest BCUT2D eigenvalue weighted by Gasteiger charge is -2.10. The van der Waals surface area contributed by atoms with E-state index in [0.717, 1.165) is 17.5 Å². The Kier molecular flexibility index (Phi) is 4.13. The van der Waals surface area contributed by atoms with Crippen LogP contribution in [0.1, 0.15) is 31.2 Å². The third-order valence-corrected chi connectivity index (χ3v) is 4.89. The van der Waals surface area contributed by atoms with Crippen molar-refractivity contribution < 1.29 is 4.42 Å². The normalized spacial score (nSPS) is 15.8. The predicted molar refractivity (Wildman–Crippen MR) is 80.6 cm³/mol. The average Bonchev–Trinajstić information content (AvgIpc) is 3.11. The number of hydrogen-bond donors (Lipinski definition) is 1. The van der Waals surface area contributed by atoms with Crippen LogP contribution >= 0.6 is 11.8 Å². The number of benzene rings is 1. The number of furan rings is 1. The minimum Gasteiger partial charge on any atom is -0.472 e. The molecule has 0 amide bonds. The lowest BCUT2D eigenvalue weighted by atomic mass is 10.3. The molecule has 0 saturated heterocycles. The molecule has 3 heteroatoms. The van der Waals surface area contributed by atoms with Crippen molar-refractivity contribution in [3.63, 3.8) is 0 Å². The highest BCUT2D eigenvalue weighted by Crippen LogP contribution is 2.34. The van der Waals surface area contributed by atoms with E-state index in [2.05, 4.69) is 29.6 Å². The molecule has 1 aliphatic rings. The summed E-state index contributed by atoms with van der Waals surface area (Å²) in [6.45, 7) is 0.811. The van der Waals surface area contributed by atoms with Gasteiger partial charge in [-0.25, -0.2) is 0 Å². The van der Waals surface area contributed by atoms with Gasteiger partial charge in [-0.3, -0.25) is 0 Å². The minimum atomic E-state index is 0.811. The summed E-state index contributed by atoms with van der Waals surface area (Å²) in [4.78, 5) is 1.39. The average molecular weight is 273 g/mol. The van der Waals surface area contributed by atoms with Crippen LogP contribution in [0.3, 0.4) is 0 Å². The van der Waals surface area contributed by atoms with E-state index in [1.807, 2.05) is 17.8 Å². The van der Waals surface area contributed by atoms with Gasteiger partial charge >= 0.3 is 0 Å². The highest BCUT2D eigenvalue weighted by atomic mass is 32.2. The Bertz CT molecular complexity index is 486. The van der Waals surface area contributed by atoms with Gasteiger partial charge in [0.15, 0.2) is 0 Å². The van der Waals surface area contributed by atoms with Crippen molar-refractivity contribution in [2.75, 3.05) is 5.32 Å². The van der Waals surface area contributed by atoms with E-state index in [-0.39, 0.29) is 0 Å². The Morgan fingerprint density at radius 1 is 1.11 bits per heavy atom. The molecular formula is C16H19NOS. The molecule has 0 radical (unpaired) electrons. The lowest BCUT2D eigenvalue weighted by Crippen LogP contribution is -1.98. The Morgan fingerprint density at radius 3 is 2.58 bits per heavy atom. The molecule has 1 aromatic heterocycles. The fourth-order valence-corrected chi connectivity index (χ4v) is 3.69. The van der Waals surface area contributed by atoms with E-state index in [4.69, 9.17) is 4.42 Å². The van der Waals surface area contributed by atoms with Gasteiger partial charge in [0.25, 0.3) is 0 Å². The highest BCUT2D eigenvalue weighted by molar-refractivity contribution is 8.00. The van der Waals surface area contributed by atoms with Crippen molar-refractivity contribution in [3.8, 4) is 0 Å². The summed E-state index contributed by atoms with van der Waals surface area (Å²) in [5.41, 5.74) is 2.33. The van der Waals surface area contributed by atoms with Gasteiger partial charge in [-0.15, -0.1) is 11.8 Å². The van der Waals surface area contributed by atoms with Gasteiger partial charge in [0.2, 0.25) is 0 Å². The Morgan fingerprint density at radius 2 is 1.89 bits per heavy atom. The van der Waals surface area contributed by atoms with Gasteiger partial charge in [0, 0.05) is 27.9 Å². The molecule has 19 heavy (non-hydrogen) atoms. The van der Waals surface area contributed by atoms with E-state index < -0.39 is 0 Å². The third-order valence-electron chi connectivity index (χ3n) is 3.54. The molecule has 1 saturated carbocycles. The van der Waals surface area contributed by atoms with Gasteiger partial charge in [-0.2, -0.15) is 0 Å². The van der Waals surface area contributed by atoms with Crippen molar-refractivity contribution in [1.29, 1.82) is 0 Å². The van der Waals surface area contributed by atoms with Crippen molar-refractivity contribution in [2.24, 2.45) is 0 Å². The zero-order chi connectivity index (χ0) is 12.9. The molecule has 0 unspecified atom stereocenters. The van der Waals surface area contributed by atoms with Crippen molar-refractivity contribution in [1.82, 2.24) is 0 Å². The predicted octanol–water partition coefficient (Wildman–Crippen LogP) is 4.93. The van der Waals surface area contributed by atoms with Crippen LogP contribution in [0, 0.1) is 0 Å². The summed E-state index contributed by atoms with van der Waals surface area (Å²) < 4.78 is 5.05. The first kappa shape index (κ1) is 12.7. The fraction of sp³-hybridized carbons (Fsp3) is 0.375. The van der Waals surface area contributed by atoms with E-state index >= 15 is 0 Å². The molecule has 0 atom stereocenters. The molecule has 2 aromatic rings. The first-order valence-corrected chi connectivity index (χ1v) is 7.80. The van der Waals surface area contributed by atoms with E-state index in [0.29, 0.717) is 0 Å². The molecule has 1 aromatic carbocycles. The van der Waals surface area contributed by atoms with Crippen molar-refractivity contribution in [3.05, 3.63) is 48.4 Å². The summed E-state index contributed by atoms with van der Waals surface area (Å²) in [6, 6.07) is 10.8. The largest absolute Gasteiger partial charge is 0.472 e. The van der Waals surface area contributed by atoms with Crippen LogP contribution in [-0.4, -0.2) is 5.25 Å². The Labute approximate surface area is 118 Å². The topological polar surface area (TPSA) is 25.2 Å². The van der Waals surface area contributed by atoms with Crippen LogP contribution < -0.4 is 5.32 Å². The maximum atomic E-state index is 5.05. The molecule has 1 heterocycles. The molecule has 1 N–H and O–H groups in total. The number of rotatable bonds is 5. The van der Waals surface area contributed by atoms with E-state index in [9.17, 15) is 0 Å². The van der Waals surface area contributed by atoms with Gasteiger partial charge in [-0.05, 0) is 43.2 Å². The number of hydrogen-bond acceptors (Lipinski definition) is 3. The first-order chi connectivity index (χ1) is 9.40. The standard InChI is InChI=1S/C16H19NOS/c1-2-4-15(3-1)19-16-7-5-14(6-8-16)17-11-13-9-10-18-12-13/h5-10,12,15,17H,1-4,11H2. The molecule has 2 nitrogen and oxygen atoms in total. The van der Waals surface area contributed by atoms with Crippen molar-refractivity contribution in [2.45, 2.75) is 42.4 Å². The number of anilines is 1. The third kappa shape index (κ3) is 3.57. The van der Waals surface area contributed by atoms with Crippen LogP contribution in [0.25, 0.3) is 0 Å². The fourth-order valence-electron chi connectivity index (χ4n) is 2.45. The van der Waals surface area contributed by atoms with Crippen LogP contribution in [0.5, 0.6) is 0 Å². The van der Waals surface area contributed by atoms with E-state index in [1.54, 1.807) is 12.5 Å². The molecule has 0 bridgehead atoms. The molecule has 3 rings (SSSR count). The van der Waals surface area contributed by atoms with Crippen molar-refractivity contribution >= 4 is 17.4 Å². The van der Waals surface area contributed by atoms with Crippen LogP contribution in [0.2, 0.25) is 0 Å². The summed E-state index contributed by atoms with van der Waals surface area (Å²) >= 11 is 2.03. The summed E-state index contributed by atoms with van der Waals surface area (Å²) in [7, 11) is 0. The van der Waals surface area contributed by atoms with E-state index in [1.165, 1.54) is 36.1 Å². The molecule has 0 spiro atoms. The molecule has 1 aliphatic carbocycles. The second-order valence-electron chi connectivity index (χ2n) is 5.03. The van der Waals surface area contributed by atoms with Crippen LogP contribution in [0.15, 0.2) is 52.2 Å². The van der Waals surface area contributed by atoms with Gasteiger partial charge in [-0.1, -0.05) is 12.8 Å². The maximum Gasteiger partial charge on any atom is 0.0952 e. The Hall–Kier alpha value is -1.35. The number of nitrogens with one attached hydrogen (secondary N) is 1. The molecule has 1 fully saturated rings. The smallest absolute Gasteiger partial charge is 0.0952 e. The SMILES string of the molecule is c1cc(CNc2ccc(SC3CCCC3)cc2)co1. The van der Waals surface area contributed by atoms with Gasteiger partial charge < -0.3 is 9.73 Å². The second kappa shape index (κ2) is 6.20. The monoisotopic (exact) mass is 273 g/mol. The van der Waals surface area contributed by atoms with Gasteiger partial charge in [0.05, 0.1) is 12.5 Å². The summed E-state index contributed by atoms with van der Waals surface area (Å²) in [6.07, 6.45) is 9.05. The van der Waals surface area contributed by atoms with Gasteiger partial charge in [0.1, 0.15) is 0 Å². The number of thioether (sulfide) groups is 1. The molecule has 100 valence electrons. The molecular weight excluding hydrogens is 254 g/mol. The lowest BCUT2D eigenvalue weighted by molar-refractivity contribution is 0.564. The van der Waals surface area contributed by atoms with Crippen LogP contribution in [0.4, 0.5) is 5.69 Å². The summed E-state index contributed by atoms with van der Waals surface area (Å²) in [5.74, 6) is 0. The maximum absolute atomic E-state index is 5.05. The minimum absolute atomic E-state index is 0.811. The zero-order valence-corrected chi connectivity index (χ0v) is 11.8. The second-order valence-corrected chi connectivity index (χ2v) is 6.41. The molecule has 0 aliphatic heterocycles. The Balaban J connectivity index is 1.53. The highest BCUT2D eigenvalue weighted by Gasteiger charge is 2.15.